The van der Waals surface area contributed by atoms with Crippen LogP contribution in [0.2, 0.25) is 0 Å². The van der Waals surface area contributed by atoms with Crippen molar-refractivity contribution in [2.24, 2.45) is 0 Å². The van der Waals surface area contributed by atoms with Gasteiger partial charge in [0, 0.05) is 11.3 Å². The van der Waals surface area contributed by atoms with Crippen molar-refractivity contribution in [3.8, 4) is 17.1 Å². The number of nitrogen functional groups attached to an aromatic ring is 1. The first-order chi connectivity index (χ1) is 9.65. The number of tetrazole rings is 1. The highest BCUT2D eigenvalue weighted by atomic mass is 19.1. The molecule has 0 saturated carbocycles. The van der Waals surface area contributed by atoms with Crippen LogP contribution in [0.1, 0.15) is 5.56 Å². The third-order valence-corrected chi connectivity index (χ3v) is 3.04. The standard InChI is InChI=1S/C14H12FN5/c1-9-2-7-12(8-13(9)15)20-14(17-18-19-20)10-3-5-11(16)6-4-10/h2-8H,16H2,1H3. The molecule has 0 saturated heterocycles. The second-order valence-corrected chi connectivity index (χ2v) is 4.47. The summed E-state index contributed by atoms with van der Waals surface area (Å²) in [6.07, 6.45) is 0. The SMILES string of the molecule is Cc1ccc(-n2nnnc2-c2ccc(N)cc2)cc1F. The largest absolute Gasteiger partial charge is 0.399 e. The van der Waals surface area contributed by atoms with E-state index in [2.05, 4.69) is 15.5 Å². The molecule has 0 spiro atoms. The minimum atomic E-state index is -0.291. The third-order valence-electron chi connectivity index (χ3n) is 3.04. The second kappa shape index (κ2) is 4.73. The highest BCUT2D eigenvalue weighted by Gasteiger charge is 2.11. The summed E-state index contributed by atoms with van der Waals surface area (Å²) in [6.45, 7) is 1.71. The molecule has 6 heteroatoms. The minimum absolute atomic E-state index is 0.291. The number of nitrogens with two attached hydrogens (primary N) is 1. The van der Waals surface area contributed by atoms with Gasteiger partial charge in [0.2, 0.25) is 0 Å². The molecular weight excluding hydrogens is 257 g/mol. The summed E-state index contributed by atoms with van der Waals surface area (Å²) in [4.78, 5) is 0. The molecule has 0 amide bonds. The molecule has 3 rings (SSSR count). The highest BCUT2D eigenvalue weighted by molar-refractivity contribution is 5.60. The van der Waals surface area contributed by atoms with Crippen molar-refractivity contribution in [2.45, 2.75) is 6.92 Å². The minimum Gasteiger partial charge on any atom is -0.399 e. The number of hydrogen-bond acceptors (Lipinski definition) is 4. The Morgan fingerprint density at radius 1 is 1.10 bits per heavy atom. The molecule has 100 valence electrons. The van der Waals surface area contributed by atoms with E-state index in [4.69, 9.17) is 5.73 Å². The van der Waals surface area contributed by atoms with Crippen LogP contribution in [0.15, 0.2) is 42.5 Å². The Bertz CT molecular complexity index is 749. The number of halogens is 1. The molecule has 0 unspecified atom stereocenters. The van der Waals surface area contributed by atoms with Gasteiger partial charge in [-0.3, -0.25) is 0 Å². The zero-order valence-electron chi connectivity index (χ0n) is 10.8. The van der Waals surface area contributed by atoms with Crippen LogP contribution >= 0.6 is 0 Å². The van der Waals surface area contributed by atoms with Crippen molar-refractivity contribution >= 4 is 5.69 Å². The van der Waals surface area contributed by atoms with Crippen molar-refractivity contribution in [3.63, 3.8) is 0 Å². The summed E-state index contributed by atoms with van der Waals surface area (Å²) in [7, 11) is 0. The van der Waals surface area contributed by atoms with E-state index in [0.717, 1.165) is 5.56 Å². The lowest BCUT2D eigenvalue weighted by Gasteiger charge is -2.06. The van der Waals surface area contributed by atoms with E-state index in [0.29, 0.717) is 22.8 Å². The van der Waals surface area contributed by atoms with Gasteiger partial charge in [-0.1, -0.05) is 6.07 Å². The maximum atomic E-state index is 13.7. The van der Waals surface area contributed by atoms with Crippen LogP contribution in [-0.4, -0.2) is 20.2 Å². The summed E-state index contributed by atoms with van der Waals surface area (Å²) >= 11 is 0. The average Bonchev–Trinajstić information content (AvgIpc) is 2.92. The second-order valence-electron chi connectivity index (χ2n) is 4.47. The van der Waals surface area contributed by atoms with Crippen molar-refractivity contribution in [2.75, 3.05) is 5.73 Å². The molecular formula is C14H12FN5. The Morgan fingerprint density at radius 3 is 2.55 bits per heavy atom. The predicted octanol–water partition coefficient (Wildman–Crippen LogP) is 2.36. The smallest absolute Gasteiger partial charge is 0.187 e. The maximum Gasteiger partial charge on any atom is 0.187 e. The van der Waals surface area contributed by atoms with Gasteiger partial charge in [-0.2, -0.15) is 4.68 Å². The van der Waals surface area contributed by atoms with Crippen LogP contribution < -0.4 is 5.73 Å². The van der Waals surface area contributed by atoms with Crippen LogP contribution in [-0.2, 0) is 0 Å². The zero-order valence-corrected chi connectivity index (χ0v) is 10.8. The molecule has 0 bridgehead atoms. The topological polar surface area (TPSA) is 69.6 Å². The fourth-order valence-corrected chi connectivity index (χ4v) is 1.89. The van der Waals surface area contributed by atoms with Crippen LogP contribution in [0, 0.1) is 12.7 Å². The van der Waals surface area contributed by atoms with Gasteiger partial charge in [-0.05, 0) is 59.3 Å². The molecule has 5 nitrogen and oxygen atoms in total. The van der Waals surface area contributed by atoms with E-state index < -0.39 is 0 Å². The first-order valence-electron chi connectivity index (χ1n) is 6.06. The molecule has 0 aliphatic carbocycles. The number of benzene rings is 2. The Balaban J connectivity index is 2.10. The lowest BCUT2D eigenvalue weighted by molar-refractivity contribution is 0.615. The molecule has 0 atom stereocenters. The van der Waals surface area contributed by atoms with Gasteiger partial charge in [0.25, 0.3) is 0 Å². The third kappa shape index (κ3) is 2.11. The molecule has 20 heavy (non-hydrogen) atoms. The predicted molar refractivity (Wildman–Crippen MR) is 73.7 cm³/mol. The van der Waals surface area contributed by atoms with Gasteiger partial charge >= 0.3 is 0 Å². The fraction of sp³-hybridized carbons (Fsp3) is 0.0714. The first-order valence-corrected chi connectivity index (χ1v) is 6.06. The normalized spacial score (nSPS) is 10.7. The Hall–Kier alpha value is -2.76. The molecule has 0 aliphatic heterocycles. The summed E-state index contributed by atoms with van der Waals surface area (Å²) in [5.74, 6) is 0.245. The van der Waals surface area contributed by atoms with Crippen molar-refractivity contribution < 1.29 is 4.39 Å². The molecule has 1 aromatic heterocycles. The highest BCUT2D eigenvalue weighted by Crippen LogP contribution is 2.21. The van der Waals surface area contributed by atoms with Gasteiger partial charge in [-0.25, -0.2) is 4.39 Å². The molecule has 2 N–H and O–H groups in total. The quantitative estimate of drug-likeness (QED) is 0.725. The molecule has 1 heterocycles. The van der Waals surface area contributed by atoms with E-state index in [-0.39, 0.29) is 5.82 Å². The molecule has 0 radical (unpaired) electrons. The summed E-state index contributed by atoms with van der Waals surface area (Å²) in [5.41, 5.74) is 8.28. The van der Waals surface area contributed by atoms with Crippen LogP contribution in [0.4, 0.5) is 10.1 Å². The van der Waals surface area contributed by atoms with E-state index in [1.54, 1.807) is 31.2 Å². The average molecular weight is 269 g/mol. The summed E-state index contributed by atoms with van der Waals surface area (Å²) < 4.78 is 15.2. The maximum absolute atomic E-state index is 13.7. The Morgan fingerprint density at radius 2 is 1.85 bits per heavy atom. The van der Waals surface area contributed by atoms with Gasteiger partial charge in [0.15, 0.2) is 5.82 Å². The number of hydrogen-bond donors (Lipinski definition) is 1. The van der Waals surface area contributed by atoms with E-state index in [9.17, 15) is 4.39 Å². The number of anilines is 1. The molecule has 0 fully saturated rings. The monoisotopic (exact) mass is 269 g/mol. The van der Waals surface area contributed by atoms with Crippen molar-refractivity contribution in [1.82, 2.24) is 20.2 Å². The summed E-state index contributed by atoms with van der Waals surface area (Å²) in [5, 5.41) is 11.6. The van der Waals surface area contributed by atoms with E-state index in [1.807, 2.05) is 12.1 Å². The van der Waals surface area contributed by atoms with Crippen LogP contribution in [0.25, 0.3) is 17.1 Å². The van der Waals surface area contributed by atoms with Gasteiger partial charge in [-0.15, -0.1) is 5.10 Å². The Labute approximate surface area is 114 Å². The lowest BCUT2D eigenvalue weighted by Crippen LogP contribution is -2.01. The number of nitrogens with zero attached hydrogens (tertiary/aromatic N) is 4. The first kappa shape index (κ1) is 12.3. The van der Waals surface area contributed by atoms with E-state index in [1.165, 1.54) is 10.7 Å². The van der Waals surface area contributed by atoms with Gasteiger partial charge in [0.05, 0.1) is 5.69 Å². The van der Waals surface area contributed by atoms with Crippen LogP contribution in [0.5, 0.6) is 0 Å². The van der Waals surface area contributed by atoms with Crippen molar-refractivity contribution in [3.05, 3.63) is 53.8 Å². The molecule has 2 aromatic carbocycles. The van der Waals surface area contributed by atoms with Gasteiger partial charge < -0.3 is 5.73 Å². The summed E-state index contributed by atoms with van der Waals surface area (Å²) in [6, 6.07) is 12.1. The van der Waals surface area contributed by atoms with Crippen molar-refractivity contribution in [1.29, 1.82) is 0 Å². The molecule has 0 aliphatic rings. The van der Waals surface area contributed by atoms with Gasteiger partial charge in [0.1, 0.15) is 5.82 Å². The van der Waals surface area contributed by atoms with Crippen LogP contribution in [0.3, 0.4) is 0 Å². The lowest BCUT2D eigenvalue weighted by atomic mass is 10.2. The number of aromatic nitrogens is 4. The fourth-order valence-electron chi connectivity index (χ4n) is 1.89. The Kier molecular flexibility index (Phi) is 2.90. The molecule has 3 aromatic rings. The van der Waals surface area contributed by atoms with E-state index >= 15 is 0 Å². The zero-order chi connectivity index (χ0) is 14.1. The number of rotatable bonds is 2. The number of aryl methyl sites for hydroxylation is 1.